The average Bonchev–Trinajstić information content (AvgIpc) is 3.14. The molecule has 0 unspecified atom stereocenters. The van der Waals surface area contributed by atoms with Crippen molar-refractivity contribution in [2.75, 3.05) is 7.11 Å². The van der Waals surface area contributed by atoms with E-state index in [1.807, 2.05) is 30.3 Å². The van der Waals surface area contributed by atoms with Crippen molar-refractivity contribution in [1.82, 2.24) is 13.5 Å². The molecule has 2 aromatic heterocycles. The molecule has 4 aromatic rings. The maximum atomic E-state index is 12.7. The second-order valence-corrected chi connectivity index (χ2v) is 10.6. The molecule has 2 aromatic carbocycles. The van der Waals surface area contributed by atoms with Crippen molar-refractivity contribution >= 4 is 53.5 Å². The molecule has 154 valence electrons. The number of ether oxygens (including phenoxy) is 1. The predicted octanol–water partition coefficient (Wildman–Crippen LogP) is 4.92. The van der Waals surface area contributed by atoms with E-state index in [2.05, 4.69) is 36.2 Å². The summed E-state index contributed by atoms with van der Waals surface area (Å²) >= 11 is 8.37. The van der Waals surface area contributed by atoms with Crippen LogP contribution in [0.3, 0.4) is 0 Å². The third-order valence-corrected chi connectivity index (χ3v) is 6.89. The van der Waals surface area contributed by atoms with Crippen LogP contribution in [0.15, 0.2) is 52.1 Å². The zero-order chi connectivity index (χ0) is 21.6. The molecule has 9 heteroatoms. The Bertz CT molecular complexity index is 1390. The van der Waals surface area contributed by atoms with E-state index in [-0.39, 0.29) is 15.0 Å². The van der Waals surface area contributed by atoms with Crippen LogP contribution in [-0.2, 0) is 7.05 Å². The molecule has 0 N–H and O–H groups in total. The topological polar surface area (TPSA) is 66.1 Å². The van der Waals surface area contributed by atoms with Crippen LogP contribution in [0.2, 0.25) is 0 Å². The van der Waals surface area contributed by atoms with Gasteiger partial charge in [-0.05, 0) is 54.4 Å². The van der Waals surface area contributed by atoms with Crippen molar-refractivity contribution in [1.29, 1.82) is 0 Å². The van der Waals surface area contributed by atoms with Crippen molar-refractivity contribution in [2.24, 2.45) is 7.05 Å². The van der Waals surface area contributed by atoms with Gasteiger partial charge in [0.1, 0.15) is 5.75 Å². The number of alkyl halides is 2. The van der Waals surface area contributed by atoms with Gasteiger partial charge in [-0.25, -0.2) is 9.36 Å². The third-order valence-electron chi connectivity index (χ3n) is 5.00. The molecule has 0 bridgehead atoms. The first-order chi connectivity index (χ1) is 14.3. The van der Waals surface area contributed by atoms with Crippen LogP contribution in [0.1, 0.15) is 15.0 Å². The van der Waals surface area contributed by atoms with Gasteiger partial charge in [0.2, 0.25) is 0 Å². The lowest BCUT2D eigenvalue weighted by molar-refractivity contribution is 0.416. The molecule has 0 aliphatic rings. The van der Waals surface area contributed by atoms with Gasteiger partial charge in [0.15, 0.2) is 0 Å². The van der Waals surface area contributed by atoms with Crippen LogP contribution in [0, 0.1) is 6.92 Å². The number of aryl methyl sites for hydroxylation is 1. The molecule has 4 rings (SSSR count). The Balaban J connectivity index is 1.94. The Labute approximate surface area is 193 Å². The number of fused-ring (bicyclic) bond motifs is 1. The number of halogens is 2. The second-order valence-electron chi connectivity index (χ2n) is 6.77. The van der Waals surface area contributed by atoms with Gasteiger partial charge in [0.05, 0.1) is 26.9 Å². The number of rotatable bonds is 4. The Kier molecular flexibility index (Phi) is 5.69. The fourth-order valence-electron chi connectivity index (χ4n) is 3.27. The molecule has 0 radical (unpaired) electrons. The third kappa shape index (κ3) is 3.55. The van der Waals surface area contributed by atoms with E-state index in [1.165, 1.54) is 26.7 Å². The quantitative estimate of drug-likeness (QED) is 0.338. The molecule has 0 spiro atoms. The van der Waals surface area contributed by atoms with Gasteiger partial charge in [-0.3, -0.25) is 4.79 Å². The maximum Gasteiger partial charge on any atom is 0.335 e. The smallest absolute Gasteiger partial charge is 0.335 e. The fraction of sp³-hybridized carbons (Fsp3) is 0.190. The van der Waals surface area contributed by atoms with E-state index in [0.29, 0.717) is 17.1 Å². The summed E-state index contributed by atoms with van der Waals surface area (Å²) in [7, 11) is 3.27. The van der Waals surface area contributed by atoms with Crippen molar-refractivity contribution in [3.8, 4) is 22.7 Å². The Morgan fingerprint density at radius 1 is 1.10 bits per heavy atom. The fourth-order valence-corrected chi connectivity index (χ4v) is 4.61. The monoisotopic (exact) mass is 549 g/mol. The van der Waals surface area contributed by atoms with Crippen molar-refractivity contribution in [2.45, 2.75) is 10.7 Å². The van der Waals surface area contributed by atoms with Gasteiger partial charge in [-0.1, -0.05) is 37.9 Å². The Morgan fingerprint density at radius 2 is 1.87 bits per heavy atom. The van der Waals surface area contributed by atoms with Crippen LogP contribution in [0.25, 0.3) is 27.0 Å². The lowest BCUT2D eigenvalue weighted by atomic mass is 10.0. The molecule has 6 nitrogen and oxygen atoms in total. The van der Waals surface area contributed by atoms with Gasteiger partial charge in [-0.15, -0.1) is 0 Å². The molecule has 0 amide bonds. The standard InChI is InChI=1S/C21H17Br2N3O3S/c1-11-8-18(27)26(21(28)25(11)2)13-5-7-17-15(10-13)19(24-30-17)14-6-4-12(20(22)23)9-16(14)29-3/h4-10,20H,1-3H3. The minimum absolute atomic E-state index is 0.0105. The van der Waals surface area contributed by atoms with Crippen LogP contribution in [-0.4, -0.2) is 20.6 Å². The number of methoxy groups -OCH3 is 1. The summed E-state index contributed by atoms with van der Waals surface area (Å²) in [4.78, 5) is 25.3. The van der Waals surface area contributed by atoms with Crippen molar-refractivity contribution in [3.63, 3.8) is 0 Å². The van der Waals surface area contributed by atoms with Gasteiger partial charge >= 0.3 is 5.69 Å². The van der Waals surface area contributed by atoms with Gasteiger partial charge in [0, 0.05) is 29.8 Å². The number of nitrogens with zero attached hydrogens (tertiary/aromatic N) is 3. The summed E-state index contributed by atoms with van der Waals surface area (Å²) in [6, 6.07) is 12.8. The van der Waals surface area contributed by atoms with Gasteiger partial charge < -0.3 is 9.30 Å². The van der Waals surface area contributed by atoms with Crippen molar-refractivity contribution in [3.05, 3.63) is 74.6 Å². The van der Waals surface area contributed by atoms with E-state index in [4.69, 9.17) is 4.74 Å². The summed E-state index contributed by atoms with van der Waals surface area (Å²) in [6.07, 6.45) is 0. The summed E-state index contributed by atoms with van der Waals surface area (Å²) in [5.41, 5.74) is 2.99. The van der Waals surface area contributed by atoms with E-state index >= 15 is 0 Å². The summed E-state index contributed by atoms with van der Waals surface area (Å²) in [5, 5.41) is 0.854. The van der Waals surface area contributed by atoms with Gasteiger partial charge in [-0.2, -0.15) is 4.37 Å². The second kappa shape index (κ2) is 8.13. The van der Waals surface area contributed by atoms with Crippen LogP contribution in [0.4, 0.5) is 0 Å². The molecule has 0 saturated heterocycles. The number of aromatic nitrogens is 3. The summed E-state index contributed by atoms with van der Waals surface area (Å²) in [6.45, 7) is 1.73. The highest BCUT2D eigenvalue weighted by molar-refractivity contribution is 9.24. The number of hydrogen-bond donors (Lipinski definition) is 0. The van der Waals surface area contributed by atoms with Crippen LogP contribution >= 0.6 is 43.4 Å². The zero-order valence-electron chi connectivity index (χ0n) is 16.3. The highest BCUT2D eigenvalue weighted by Crippen LogP contribution is 2.40. The molecule has 0 aliphatic heterocycles. The largest absolute Gasteiger partial charge is 0.496 e. The molecule has 0 aliphatic carbocycles. The predicted molar refractivity (Wildman–Crippen MR) is 128 cm³/mol. The first-order valence-electron chi connectivity index (χ1n) is 8.97. The highest BCUT2D eigenvalue weighted by atomic mass is 79.9. The SMILES string of the molecule is COc1cc(C(Br)Br)ccc1-c1nsc2ccc(-n3c(=O)cc(C)n(C)c3=O)cc12. The molecule has 0 atom stereocenters. The number of hydrogen-bond acceptors (Lipinski definition) is 5. The average molecular weight is 551 g/mol. The molecule has 0 saturated carbocycles. The van der Waals surface area contributed by atoms with Crippen LogP contribution < -0.4 is 16.0 Å². The maximum absolute atomic E-state index is 12.7. The lowest BCUT2D eigenvalue weighted by Crippen LogP contribution is -2.38. The summed E-state index contributed by atoms with van der Waals surface area (Å²) < 4.78 is 13.8. The molecular weight excluding hydrogens is 534 g/mol. The number of benzene rings is 2. The first-order valence-corrected chi connectivity index (χ1v) is 11.6. The highest BCUT2D eigenvalue weighted by Gasteiger charge is 2.17. The first kappa shape index (κ1) is 21.0. The molecular formula is C21H17Br2N3O3S. The zero-order valence-corrected chi connectivity index (χ0v) is 20.3. The van der Waals surface area contributed by atoms with E-state index in [1.54, 1.807) is 27.1 Å². The minimum Gasteiger partial charge on any atom is -0.496 e. The normalized spacial score (nSPS) is 11.4. The lowest BCUT2D eigenvalue weighted by Gasteiger charge is -2.11. The van der Waals surface area contributed by atoms with Crippen molar-refractivity contribution < 1.29 is 4.74 Å². The molecule has 0 fully saturated rings. The van der Waals surface area contributed by atoms with Crippen LogP contribution in [0.5, 0.6) is 5.75 Å². The Morgan fingerprint density at radius 3 is 2.57 bits per heavy atom. The van der Waals surface area contributed by atoms with E-state index in [9.17, 15) is 9.59 Å². The Hall–Kier alpha value is -2.23. The molecule has 30 heavy (non-hydrogen) atoms. The van der Waals surface area contributed by atoms with E-state index < -0.39 is 0 Å². The van der Waals surface area contributed by atoms with Gasteiger partial charge in [0.25, 0.3) is 5.56 Å². The molecule has 2 heterocycles. The minimum atomic E-state index is -0.383. The van der Waals surface area contributed by atoms with E-state index in [0.717, 1.165) is 26.9 Å². The summed E-state index contributed by atoms with van der Waals surface area (Å²) in [5.74, 6) is 0.692.